The summed E-state index contributed by atoms with van der Waals surface area (Å²) in [5.74, 6) is 0.818. The zero-order chi connectivity index (χ0) is 22.4. The Morgan fingerprint density at radius 1 is 0.939 bits per heavy atom. The number of H-pyrrole nitrogens is 3. The van der Waals surface area contributed by atoms with Gasteiger partial charge in [-0.3, -0.25) is 0 Å². The summed E-state index contributed by atoms with van der Waals surface area (Å²) in [6.07, 6.45) is 4.38. The number of nitrogen functional groups attached to an aromatic ring is 1. The van der Waals surface area contributed by atoms with Crippen molar-refractivity contribution in [3.63, 3.8) is 0 Å². The Balaban J connectivity index is 1.38. The number of nitrogens with one attached hydrogen (secondary N) is 4. The lowest BCUT2D eigenvalue weighted by atomic mass is 10.1. The topological polar surface area (TPSA) is 108 Å². The third-order valence-corrected chi connectivity index (χ3v) is 6.26. The standard InChI is InChI=1S/C25H23ClN6O/c26-14-2-4-21-17(8-14)19-10-20-18-9-15(27)3-5-22(18)32-24(20)25(23(19)31-21)33-7-1-6-28-11-16-12-29-13-30-16/h2-5,8-10,12-13,28,31-32H,1,6-7,11,27H2,(H,29,30). The number of hydrogen-bond acceptors (Lipinski definition) is 4. The third kappa shape index (κ3) is 3.55. The van der Waals surface area contributed by atoms with Crippen molar-refractivity contribution in [2.75, 3.05) is 18.9 Å². The molecule has 6 rings (SSSR count). The van der Waals surface area contributed by atoms with E-state index in [9.17, 15) is 0 Å². The number of nitrogens with zero attached hydrogens (tertiary/aromatic N) is 1. The van der Waals surface area contributed by atoms with E-state index in [1.54, 1.807) is 6.33 Å². The van der Waals surface area contributed by atoms with E-state index in [4.69, 9.17) is 22.1 Å². The number of halogens is 1. The van der Waals surface area contributed by atoms with Crippen molar-refractivity contribution in [2.24, 2.45) is 0 Å². The van der Waals surface area contributed by atoms with Crippen LogP contribution < -0.4 is 15.8 Å². The average Bonchev–Trinajstić information content (AvgIpc) is 3.53. The van der Waals surface area contributed by atoms with Crippen LogP contribution in [0.2, 0.25) is 5.02 Å². The SMILES string of the molecule is Nc1ccc2[nH]c3c(OCCCNCc4cnc[nH]4)c4[nH]c5ccc(Cl)cc5c4cc3c2c1. The lowest BCUT2D eigenvalue weighted by molar-refractivity contribution is 0.314. The smallest absolute Gasteiger partial charge is 0.167 e. The number of aromatic amines is 3. The quantitative estimate of drug-likeness (QED) is 0.161. The second-order valence-corrected chi connectivity index (χ2v) is 8.69. The maximum absolute atomic E-state index is 6.40. The van der Waals surface area contributed by atoms with Crippen molar-refractivity contribution in [1.82, 2.24) is 25.3 Å². The van der Waals surface area contributed by atoms with Crippen LogP contribution in [0.5, 0.6) is 5.75 Å². The van der Waals surface area contributed by atoms with E-state index in [-0.39, 0.29) is 0 Å². The highest BCUT2D eigenvalue weighted by molar-refractivity contribution is 6.32. The monoisotopic (exact) mass is 458 g/mol. The Bertz CT molecular complexity index is 1500. The molecule has 6 aromatic rings. The zero-order valence-corrected chi connectivity index (χ0v) is 18.6. The summed E-state index contributed by atoms with van der Waals surface area (Å²) >= 11 is 6.32. The Kier molecular flexibility index (Phi) is 4.86. The lowest BCUT2D eigenvalue weighted by Gasteiger charge is -2.10. The molecule has 0 saturated heterocycles. The van der Waals surface area contributed by atoms with Gasteiger partial charge in [-0.15, -0.1) is 0 Å². The summed E-state index contributed by atoms with van der Waals surface area (Å²) in [6.45, 7) is 2.17. The number of aromatic nitrogens is 4. The van der Waals surface area contributed by atoms with Crippen molar-refractivity contribution in [2.45, 2.75) is 13.0 Å². The van der Waals surface area contributed by atoms with Gasteiger partial charge in [0.15, 0.2) is 5.75 Å². The Morgan fingerprint density at radius 3 is 2.45 bits per heavy atom. The van der Waals surface area contributed by atoms with E-state index in [1.165, 1.54) is 0 Å². The minimum atomic E-state index is 0.581. The van der Waals surface area contributed by atoms with Gasteiger partial charge in [0, 0.05) is 61.7 Å². The van der Waals surface area contributed by atoms with Crippen molar-refractivity contribution in [1.29, 1.82) is 0 Å². The molecular formula is C25H23ClN6O. The highest BCUT2D eigenvalue weighted by atomic mass is 35.5. The molecule has 6 N–H and O–H groups in total. The highest BCUT2D eigenvalue weighted by Gasteiger charge is 2.18. The number of rotatable bonds is 7. The van der Waals surface area contributed by atoms with Crippen LogP contribution >= 0.6 is 11.6 Å². The average molecular weight is 459 g/mol. The summed E-state index contributed by atoms with van der Waals surface area (Å²) in [4.78, 5) is 14.2. The van der Waals surface area contributed by atoms with Gasteiger partial charge in [-0.2, -0.15) is 0 Å². The molecule has 0 aliphatic rings. The summed E-state index contributed by atoms with van der Waals surface area (Å²) in [5, 5.41) is 8.43. The van der Waals surface area contributed by atoms with E-state index >= 15 is 0 Å². The van der Waals surface area contributed by atoms with E-state index in [2.05, 4.69) is 31.3 Å². The molecular weight excluding hydrogens is 436 g/mol. The molecule has 0 spiro atoms. The normalized spacial score (nSPS) is 11.9. The molecule has 0 aliphatic carbocycles. The van der Waals surface area contributed by atoms with Crippen molar-refractivity contribution >= 4 is 60.9 Å². The minimum absolute atomic E-state index is 0.581. The van der Waals surface area contributed by atoms with Crippen molar-refractivity contribution in [3.8, 4) is 5.75 Å². The zero-order valence-electron chi connectivity index (χ0n) is 17.8. The minimum Gasteiger partial charge on any atom is -0.489 e. The summed E-state index contributed by atoms with van der Waals surface area (Å²) in [6, 6.07) is 14.0. The van der Waals surface area contributed by atoms with Crippen LogP contribution in [0.15, 0.2) is 55.0 Å². The Labute approximate surface area is 194 Å². The van der Waals surface area contributed by atoms with Crippen molar-refractivity contribution in [3.05, 3.63) is 65.7 Å². The van der Waals surface area contributed by atoms with E-state index in [0.29, 0.717) is 11.6 Å². The first-order valence-electron chi connectivity index (χ1n) is 10.9. The van der Waals surface area contributed by atoms with Crippen LogP contribution in [-0.2, 0) is 6.54 Å². The lowest BCUT2D eigenvalue weighted by Crippen LogP contribution is -2.17. The largest absolute Gasteiger partial charge is 0.489 e. The fourth-order valence-corrected chi connectivity index (χ4v) is 4.63. The number of nitrogens with two attached hydrogens (primary N) is 1. The number of fused-ring (bicyclic) bond motifs is 6. The molecule has 0 saturated carbocycles. The molecule has 0 fully saturated rings. The van der Waals surface area contributed by atoms with E-state index in [0.717, 1.165) is 80.3 Å². The molecule has 3 aromatic heterocycles. The molecule has 3 aromatic carbocycles. The molecule has 33 heavy (non-hydrogen) atoms. The molecule has 0 amide bonds. The summed E-state index contributed by atoms with van der Waals surface area (Å²) in [7, 11) is 0. The maximum atomic E-state index is 6.40. The highest BCUT2D eigenvalue weighted by Crippen LogP contribution is 2.41. The first-order valence-corrected chi connectivity index (χ1v) is 11.3. The molecule has 0 radical (unpaired) electrons. The second kappa shape index (κ2) is 8.03. The number of benzene rings is 3. The Hall–Kier alpha value is -3.68. The van der Waals surface area contributed by atoms with Gasteiger partial charge in [0.1, 0.15) is 0 Å². The van der Waals surface area contributed by atoms with Gasteiger partial charge in [0.05, 0.1) is 24.0 Å². The number of anilines is 1. The van der Waals surface area contributed by atoms with Gasteiger partial charge >= 0.3 is 0 Å². The molecule has 8 heteroatoms. The first-order chi connectivity index (χ1) is 16.2. The van der Waals surface area contributed by atoms with Crippen LogP contribution in [0, 0.1) is 0 Å². The molecule has 166 valence electrons. The van der Waals surface area contributed by atoms with E-state index in [1.807, 2.05) is 42.6 Å². The summed E-state index contributed by atoms with van der Waals surface area (Å²) < 4.78 is 6.40. The molecule has 3 heterocycles. The fraction of sp³-hybridized carbons (Fsp3) is 0.160. The molecule has 0 unspecified atom stereocenters. The third-order valence-electron chi connectivity index (χ3n) is 6.02. The molecule has 0 aliphatic heterocycles. The van der Waals surface area contributed by atoms with E-state index < -0.39 is 0 Å². The number of ether oxygens (including phenoxy) is 1. The van der Waals surface area contributed by atoms with Gasteiger partial charge in [0.25, 0.3) is 0 Å². The van der Waals surface area contributed by atoms with Gasteiger partial charge in [-0.05, 0) is 55.4 Å². The van der Waals surface area contributed by atoms with Gasteiger partial charge < -0.3 is 30.7 Å². The maximum Gasteiger partial charge on any atom is 0.167 e. The van der Waals surface area contributed by atoms with Crippen LogP contribution in [0.3, 0.4) is 0 Å². The molecule has 0 bridgehead atoms. The van der Waals surface area contributed by atoms with Crippen LogP contribution in [0.1, 0.15) is 12.1 Å². The van der Waals surface area contributed by atoms with Crippen LogP contribution in [0.4, 0.5) is 5.69 Å². The molecule has 0 atom stereocenters. The second-order valence-electron chi connectivity index (χ2n) is 8.25. The van der Waals surface area contributed by atoms with Crippen LogP contribution in [-0.4, -0.2) is 33.1 Å². The van der Waals surface area contributed by atoms with Gasteiger partial charge in [-0.25, -0.2) is 4.98 Å². The van der Waals surface area contributed by atoms with Crippen LogP contribution in [0.25, 0.3) is 43.6 Å². The van der Waals surface area contributed by atoms with Gasteiger partial charge in [-0.1, -0.05) is 11.6 Å². The first kappa shape index (κ1) is 20.0. The van der Waals surface area contributed by atoms with Crippen molar-refractivity contribution < 1.29 is 4.74 Å². The summed E-state index contributed by atoms with van der Waals surface area (Å²) in [5.41, 5.74) is 11.9. The molecule has 7 nitrogen and oxygen atoms in total. The predicted octanol–water partition coefficient (Wildman–Crippen LogP) is 5.47. The predicted molar refractivity (Wildman–Crippen MR) is 135 cm³/mol. The van der Waals surface area contributed by atoms with Gasteiger partial charge in [0.2, 0.25) is 0 Å². The number of hydrogen-bond donors (Lipinski definition) is 5. The fourth-order valence-electron chi connectivity index (χ4n) is 4.46. The Morgan fingerprint density at radius 2 is 1.70 bits per heavy atom. The number of imidazole rings is 1.